The Labute approximate surface area is 184 Å². The van der Waals surface area contributed by atoms with Crippen LogP contribution in [0.5, 0.6) is 0 Å². The van der Waals surface area contributed by atoms with Crippen LogP contribution in [0.15, 0.2) is 53.5 Å². The molecule has 3 rings (SSSR count). The summed E-state index contributed by atoms with van der Waals surface area (Å²) < 4.78 is 19.7. The zero-order valence-corrected chi connectivity index (χ0v) is 18.8. The quantitative estimate of drug-likeness (QED) is 0.324. The van der Waals surface area contributed by atoms with Crippen LogP contribution in [-0.4, -0.2) is 26.2 Å². The van der Waals surface area contributed by atoms with E-state index in [0.717, 1.165) is 24.4 Å². The number of hydrogen-bond donors (Lipinski definition) is 2. The van der Waals surface area contributed by atoms with Gasteiger partial charge in [-0.15, -0.1) is 24.0 Å². The summed E-state index contributed by atoms with van der Waals surface area (Å²) in [4.78, 5) is 4.31. The Balaban J connectivity index is 0.00000280. The van der Waals surface area contributed by atoms with Crippen molar-refractivity contribution in [1.82, 2.24) is 10.6 Å². The van der Waals surface area contributed by atoms with Crippen LogP contribution in [0, 0.1) is 5.82 Å². The van der Waals surface area contributed by atoms with Gasteiger partial charge in [-0.3, -0.25) is 4.99 Å². The molecule has 1 saturated carbocycles. The minimum atomic E-state index is -0.121. The van der Waals surface area contributed by atoms with E-state index in [1.54, 1.807) is 13.1 Å². The number of ether oxygens (including phenoxy) is 1. The first kappa shape index (κ1) is 22.6. The molecule has 2 N–H and O–H groups in total. The van der Waals surface area contributed by atoms with Crippen LogP contribution in [0.4, 0.5) is 4.39 Å². The highest BCUT2D eigenvalue weighted by molar-refractivity contribution is 14.0. The van der Waals surface area contributed by atoms with E-state index >= 15 is 0 Å². The summed E-state index contributed by atoms with van der Waals surface area (Å²) in [5.41, 5.74) is 3.04. The van der Waals surface area contributed by atoms with Crippen molar-refractivity contribution in [1.29, 1.82) is 0 Å². The lowest BCUT2D eigenvalue weighted by molar-refractivity contribution is 0.133. The van der Waals surface area contributed by atoms with Gasteiger partial charge in [-0.2, -0.15) is 0 Å². The minimum Gasteiger partial charge on any atom is -0.377 e. The number of guanidine groups is 1. The molecule has 0 bridgehead atoms. The van der Waals surface area contributed by atoms with Crippen molar-refractivity contribution in [3.63, 3.8) is 0 Å². The van der Waals surface area contributed by atoms with Crippen molar-refractivity contribution in [2.45, 2.75) is 38.3 Å². The Bertz CT molecular complexity index is 793. The summed E-state index contributed by atoms with van der Waals surface area (Å²) in [6.07, 6.45) is 1.99. The first-order valence-corrected chi connectivity index (χ1v) is 9.52. The number of halogens is 2. The predicted molar refractivity (Wildman–Crippen MR) is 123 cm³/mol. The van der Waals surface area contributed by atoms with Crippen molar-refractivity contribution < 1.29 is 9.13 Å². The molecule has 0 aromatic heterocycles. The molecule has 0 heterocycles. The molecule has 6 heteroatoms. The molecule has 0 aliphatic heterocycles. The Kier molecular flexibility index (Phi) is 8.69. The molecular formula is C22H29FIN3O. The largest absolute Gasteiger partial charge is 0.377 e. The maximum Gasteiger partial charge on any atom is 0.191 e. The summed E-state index contributed by atoms with van der Waals surface area (Å²) in [6, 6.07) is 15.3. The van der Waals surface area contributed by atoms with E-state index in [2.05, 4.69) is 27.8 Å². The average Bonchev–Trinajstić information content (AvgIpc) is 3.48. The SMILES string of the molecule is CCOCc1ccccc1CNC(=NC)NCC1(c2ccccc2F)CC1.I. The van der Waals surface area contributed by atoms with Gasteiger partial charge < -0.3 is 15.4 Å². The normalized spacial score (nSPS) is 14.9. The van der Waals surface area contributed by atoms with Gasteiger partial charge in [0.15, 0.2) is 5.96 Å². The first-order chi connectivity index (χ1) is 13.2. The van der Waals surface area contributed by atoms with E-state index in [4.69, 9.17) is 4.74 Å². The summed E-state index contributed by atoms with van der Waals surface area (Å²) in [5, 5.41) is 6.73. The summed E-state index contributed by atoms with van der Waals surface area (Å²) in [6.45, 7) is 4.64. The van der Waals surface area contributed by atoms with Crippen LogP contribution in [0.3, 0.4) is 0 Å². The molecule has 0 saturated heterocycles. The van der Waals surface area contributed by atoms with Gasteiger partial charge in [0.1, 0.15) is 5.82 Å². The van der Waals surface area contributed by atoms with Gasteiger partial charge in [-0.05, 0) is 42.5 Å². The summed E-state index contributed by atoms with van der Waals surface area (Å²) >= 11 is 0. The highest BCUT2D eigenvalue weighted by atomic mass is 127. The number of hydrogen-bond acceptors (Lipinski definition) is 2. The lowest BCUT2D eigenvalue weighted by atomic mass is 9.95. The highest BCUT2D eigenvalue weighted by Crippen LogP contribution is 2.48. The zero-order valence-electron chi connectivity index (χ0n) is 16.5. The fraction of sp³-hybridized carbons (Fsp3) is 0.409. The molecule has 28 heavy (non-hydrogen) atoms. The smallest absolute Gasteiger partial charge is 0.191 e. The molecule has 2 aromatic rings. The molecule has 0 amide bonds. The molecule has 1 aliphatic carbocycles. The second kappa shape index (κ2) is 10.8. The molecular weight excluding hydrogens is 468 g/mol. The van der Waals surface area contributed by atoms with Crippen LogP contribution in [0.1, 0.15) is 36.5 Å². The fourth-order valence-corrected chi connectivity index (χ4v) is 3.32. The zero-order chi connectivity index (χ0) is 19.1. The molecule has 0 spiro atoms. The topological polar surface area (TPSA) is 45.6 Å². The van der Waals surface area contributed by atoms with Gasteiger partial charge >= 0.3 is 0 Å². The number of benzene rings is 2. The first-order valence-electron chi connectivity index (χ1n) is 9.52. The number of nitrogens with one attached hydrogen (secondary N) is 2. The van der Waals surface area contributed by atoms with E-state index in [-0.39, 0.29) is 35.2 Å². The highest BCUT2D eigenvalue weighted by Gasteiger charge is 2.45. The summed E-state index contributed by atoms with van der Waals surface area (Å²) in [7, 11) is 1.75. The maximum absolute atomic E-state index is 14.2. The minimum absolute atomic E-state index is 0. The van der Waals surface area contributed by atoms with Gasteiger partial charge in [0, 0.05) is 32.2 Å². The van der Waals surface area contributed by atoms with Gasteiger partial charge in [0.2, 0.25) is 0 Å². The van der Waals surface area contributed by atoms with Crippen molar-refractivity contribution in [2.24, 2.45) is 4.99 Å². The second-order valence-electron chi connectivity index (χ2n) is 6.95. The molecule has 152 valence electrons. The van der Waals surface area contributed by atoms with E-state index in [9.17, 15) is 4.39 Å². The Morgan fingerprint density at radius 3 is 2.39 bits per heavy atom. The monoisotopic (exact) mass is 497 g/mol. The molecule has 0 unspecified atom stereocenters. The third kappa shape index (κ3) is 5.67. The van der Waals surface area contributed by atoms with E-state index in [1.165, 1.54) is 17.2 Å². The Hall–Kier alpha value is -1.67. The Morgan fingerprint density at radius 2 is 1.75 bits per heavy atom. The maximum atomic E-state index is 14.2. The van der Waals surface area contributed by atoms with Crippen LogP contribution in [0.25, 0.3) is 0 Å². The standard InChI is InChI=1S/C22H28FN3O.HI/c1-3-27-15-18-9-5-4-8-17(18)14-25-21(24-2)26-16-22(12-13-22)19-10-6-7-11-20(19)23;/h4-11H,3,12-16H2,1-2H3,(H2,24,25,26);1H. The molecule has 2 aromatic carbocycles. The molecule has 4 nitrogen and oxygen atoms in total. The second-order valence-corrected chi connectivity index (χ2v) is 6.95. The molecule has 1 aliphatic rings. The van der Waals surface area contributed by atoms with E-state index in [1.807, 2.05) is 31.2 Å². The van der Waals surface area contributed by atoms with Crippen molar-refractivity contribution in [2.75, 3.05) is 20.2 Å². The van der Waals surface area contributed by atoms with E-state index in [0.29, 0.717) is 26.3 Å². The third-order valence-electron chi connectivity index (χ3n) is 5.14. The fourth-order valence-electron chi connectivity index (χ4n) is 3.32. The van der Waals surface area contributed by atoms with Gasteiger partial charge in [0.25, 0.3) is 0 Å². The Morgan fingerprint density at radius 1 is 1.07 bits per heavy atom. The molecule has 0 atom stereocenters. The van der Waals surface area contributed by atoms with Gasteiger partial charge in [-0.1, -0.05) is 42.5 Å². The van der Waals surface area contributed by atoms with Crippen molar-refractivity contribution in [3.05, 3.63) is 71.0 Å². The predicted octanol–water partition coefficient (Wildman–Crippen LogP) is 4.38. The summed E-state index contributed by atoms with van der Waals surface area (Å²) in [5.74, 6) is 0.605. The van der Waals surface area contributed by atoms with Crippen LogP contribution >= 0.6 is 24.0 Å². The molecule has 0 radical (unpaired) electrons. The third-order valence-corrected chi connectivity index (χ3v) is 5.14. The number of aliphatic imine (C=N–C) groups is 1. The van der Waals surface area contributed by atoms with Crippen LogP contribution in [-0.2, 0) is 23.3 Å². The van der Waals surface area contributed by atoms with Gasteiger partial charge in [0.05, 0.1) is 6.61 Å². The number of nitrogens with zero attached hydrogens (tertiary/aromatic N) is 1. The van der Waals surface area contributed by atoms with E-state index < -0.39 is 0 Å². The van der Waals surface area contributed by atoms with Crippen molar-refractivity contribution >= 4 is 29.9 Å². The average molecular weight is 497 g/mol. The molecule has 1 fully saturated rings. The van der Waals surface area contributed by atoms with Gasteiger partial charge in [-0.25, -0.2) is 4.39 Å². The lowest BCUT2D eigenvalue weighted by Gasteiger charge is -2.20. The number of rotatable bonds is 8. The van der Waals surface area contributed by atoms with Crippen LogP contribution < -0.4 is 10.6 Å². The van der Waals surface area contributed by atoms with Crippen LogP contribution in [0.2, 0.25) is 0 Å². The lowest BCUT2D eigenvalue weighted by Crippen LogP contribution is -2.41. The van der Waals surface area contributed by atoms with Crippen molar-refractivity contribution in [3.8, 4) is 0 Å².